The fourth-order valence-electron chi connectivity index (χ4n) is 2.26. The molecular formula is C18H23NO. The summed E-state index contributed by atoms with van der Waals surface area (Å²) in [6, 6.07) is 14.8. The highest BCUT2D eigenvalue weighted by atomic mass is 16.5. The van der Waals surface area contributed by atoms with Crippen LogP contribution in [0.2, 0.25) is 0 Å². The fraction of sp³-hybridized carbons (Fsp3) is 0.333. The van der Waals surface area contributed by atoms with Crippen LogP contribution < -0.4 is 10.1 Å². The van der Waals surface area contributed by atoms with Crippen LogP contribution in [-0.4, -0.2) is 6.61 Å². The molecule has 1 N–H and O–H groups in total. The molecule has 0 bridgehead atoms. The minimum Gasteiger partial charge on any atom is -0.494 e. The molecule has 0 atom stereocenters. The van der Waals surface area contributed by atoms with Gasteiger partial charge in [0.05, 0.1) is 6.61 Å². The van der Waals surface area contributed by atoms with Gasteiger partial charge in [-0.15, -0.1) is 0 Å². The predicted octanol–water partition coefficient (Wildman–Crippen LogP) is 4.70. The number of anilines is 1. The van der Waals surface area contributed by atoms with E-state index in [2.05, 4.69) is 56.4 Å². The van der Waals surface area contributed by atoms with E-state index < -0.39 is 0 Å². The molecule has 2 aromatic carbocycles. The van der Waals surface area contributed by atoms with Crippen LogP contribution >= 0.6 is 0 Å². The first-order valence-electron chi connectivity index (χ1n) is 7.21. The monoisotopic (exact) mass is 269 g/mol. The van der Waals surface area contributed by atoms with Gasteiger partial charge in [0, 0.05) is 12.2 Å². The van der Waals surface area contributed by atoms with Crippen LogP contribution in [0.15, 0.2) is 42.5 Å². The molecule has 0 radical (unpaired) electrons. The van der Waals surface area contributed by atoms with Crippen molar-refractivity contribution < 1.29 is 4.74 Å². The van der Waals surface area contributed by atoms with Crippen molar-refractivity contribution in [2.24, 2.45) is 0 Å². The maximum Gasteiger partial charge on any atom is 0.119 e. The number of nitrogens with one attached hydrogen (secondary N) is 1. The summed E-state index contributed by atoms with van der Waals surface area (Å²) in [6.07, 6.45) is 1.03. The Hall–Kier alpha value is -1.96. The largest absolute Gasteiger partial charge is 0.494 e. The standard InChI is InChI=1S/C18H23NO/c1-4-9-20-18-7-5-17(6-8-18)19-13-16-11-14(2)10-15(3)12-16/h5-8,10-12,19H,4,9,13H2,1-3H3. The topological polar surface area (TPSA) is 21.3 Å². The molecule has 106 valence electrons. The van der Waals surface area contributed by atoms with Crippen LogP contribution in [0.4, 0.5) is 5.69 Å². The van der Waals surface area contributed by atoms with Gasteiger partial charge in [0.15, 0.2) is 0 Å². The minimum absolute atomic E-state index is 0.773. The zero-order valence-corrected chi connectivity index (χ0v) is 12.6. The molecule has 0 saturated carbocycles. The molecule has 2 aromatic rings. The maximum absolute atomic E-state index is 5.58. The molecule has 0 heterocycles. The van der Waals surface area contributed by atoms with Gasteiger partial charge < -0.3 is 10.1 Å². The van der Waals surface area contributed by atoms with Gasteiger partial charge >= 0.3 is 0 Å². The number of ether oxygens (including phenoxy) is 1. The molecule has 20 heavy (non-hydrogen) atoms. The number of aryl methyl sites for hydroxylation is 2. The molecule has 2 heteroatoms. The van der Waals surface area contributed by atoms with Crippen molar-refractivity contribution in [3.8, 4) is 5.75 Å². The smallest absolute Gasteiger partial charge is 0.119 e. The van der Waals surface area contributed by atoms with Crippen LogP contribution in [0.3, 0.4) is 0 Å². The van der Waals surface area contributed by atoms with Crippen molar-refractivity contribution in [1.82, 2.24) is 0 Å². The first-order valence-corrected chi connectivity index (χ1v) is 7.21. The molecule has 0 spiro atoms. The average Bonchev–Trinajstić information content (AvgIpc) is 2.43. The Kier molecular flexibility index (Phi) is 5.05. The van der Waals surface area contributed by atoms with E-state index in [-0.39, 0.29) is 0 Å². The SMILES string of the molecule is CCCOc1ccc(NCc2cc(C)cc(C)c2)cc1. The van der Waals surface area contributed by atoms with Crippen molar-refractivity contribution in [2.75, 3.05) is 11.9 Å². The molecular weight excluding hydrogens is 246 g/mol. The lowest BCUT2D eigenvalue weighted by Gasteiger charge is -2.10. The molecule has 0 saturated heterocycles. The number of hydrogen-bond donors (Lipinski definition) is 1. The van der Waals surface area contributed by atoms with Crippen LogP contribution in [0.1, 0.15) is 30.0 Å². The quantitative estimate of drug-likeness (QED) is 0.820. The van der Waals surface area contributed by atoms with Gasteiger partial charge in [0.1, 0.15) is 5.75 Å². The molecule has 0 aliphatic rings. The van der Waals surface area contributed by atoms with Gasteiger partial charge in [-0.1, -0.05) is 36.2 Å². The van der Waals surface area contributed by atoms with Crippen molar-refractivity contribution in [3.05, 3.63) is 59.2 Å². The molecule has 2 nitrogen and oxygen atoms in total. The lowest BCUT2D eigenvalue weighted by Crippen LogP contribution is -2.00. The highest BCUT2D eigenvalue weighted by Gasteiger charge is 1.98. The Bertz CT molecular complexity index is 526. The molecule has 0 amide bonds. The minimum atomic E-state index is 0.773. The first-order chi connectivity index (χ1) is 9.67. The fourth-order valence-corrected chi connectivity index (χ4v) is 2.26. The number of rotatable bonds is 6. The summed E-state index contributed by atoms with van der Waals surface area (Å²) in [6.45, 7) is 8.00. The Balaban J connectivity index is 1.93. The summed E-state index contributed by atoms with van der Waals surface area (Å²) in [5.41, 5.74) is 5.05. The van der Waals surface area contributed by atoms with Gasteiger partial charge in [-0.3, -0.25) is 0 Å². The lowest BCUT2D eigenvalue weighted by molar-refractivity contribution is 0.317. The van der Waals surface area contributed by atoms with E-state index in [1.807, 2.05) is 12.1 Å². The Morgan fingerprint density at radius 2 is 1.60 bits per heavy atom. The third kappa shape index (κ3) is 4.30. The third-order valence-corrected chi connectivity index (χ3v) is 3.11. The Morgan fingerprint density at radius 1 is 0.950 bits per heavy atom. The molecule has 0 aliphatic heterocycles. The number of benzene rings is 2. The van der Waals surface area contributed by atoms with Crippen molar-refractivity contribution in [2.45, 2.75) is 33.7 Å². The van der Waals surface area contributed by atoms with E-state index >= 15 is 0 Å². The second-order valence-electron chi connectivity index (χ2n) is 5.22. The van der Waals surface area contributed by atoms with Gasteiger partial charge in [0.2, 0.25) is 0 Å². The van der Waals surface area contributed by atoms with E-state index in [4.69, 9.17) is 4.74 Å². The zero-order valence-electron chi connectivity index (χ0n) is 12.6. The Labute approximate surface area is 121 Å². The van der Waals surface area contributed by atoms with E-state index in [9.17, 15) is 0 Å². The van der Waals surface area contributed by atoms with Crippen molar-refractivity contribution in [1.29, 1.82) is 0 Å². The summed E-state index contributed by atoms with van der Waals surface area (Å²) in [7, 11) is 0. The normalized spacial score (nSPS) is 10.3. The number of hydrogen-bond acceptors (Lipinski definition) is 2. The third-order valence-electron chi connectivity index (χ3n) is 3.11. The summed E-state index contributed by atoms with van der Waals surface area (Å²) in [5.74, 6) is 0.934. The van der Waals surface area contributed by atoms with Gasteiger partial charge in [-0.25, -0.2) is 0 Å². The zero-order chi connectivity index (χ0) is 14.4. The lowest BCUT2D eigenvalue weighted by atomic mass is 10.1. The molecule has 0 aliphatic carbocycles. The highest BCUT2D eigenvalue weighted by Crippen LogP contribution is 2.17. The van der Waals surface area contributed by atoms with Gasteiger partial charge in [-0.05, 0) is 50.1 Å². The van der Waals surface area contributed by atoms with E-state index in [0.717, 1.165) is 31.0 Å². The van der Waals surface area contributed by atoms with Crippen LogP contribution in [0, 0.1) is 13.8 Å². The average molecular weight is 269 g/mol. The van der Waals surface area contributed by atoms with Crippen LogP contribution in [0.25, 0.3) is 0 Å². The second kappa shape index (κ2) is 6.99. The first kappa shape index (κ1) is 14.4. The van der Waals surface area contributed by atoms with E-state index in [1.54, 1.807) is 0 Å². The van der Waals surface area contributed by atoms with Crippen molar-refractivity contribution >= 4 is 5.69 Å². The summed E-state index contributed by atoms with van der Waals surface area (Å²) in [4.78, 5) is 0. The van der Waals surface area contributed by atoms with Crippen LogP contribution in [-0.2, 0) is 6.54 Å². The van der Waals surface area contributed by atoms with E-state index in [0.29, 0.717) is 0 Å². The highest BCUT2D eigenvalue weighted by molar-refractivity contribution is 5.47. The van der Waals surface area contributed by atoms with Crippen molar-refractivity contribution in [3.63, 3.8) is 0 Å². The molecule has 0 unspecified atom stereocenters. The van der Waals surface area contributed by atoms with E-state index in [1.165, 1.54) is 16.7 Å². The molecule has 2 rings (SSSR count). The summed E-state index contributed by atoms with van der Waals surface area (Å²) >= 11 is 0. The van der Waals surface area contributed by atoms with Gasteiger partial charge in [-0.2, -0.15) is 0 Å². The Morgan fingerprint density at radius 3 is 2.20 bits per heavy atom. The maximum atomic E-state index is 5.58. The second-order valence-corrected chi connectivity index (χ2v) is 5.22. The molecule has 0 aromatic heterocycles. The summed E-state index contributed by atoms with van der Waals surface area (Å²) in [5, 5.41) is 3.44. The van der Waals surface area contributed by atoms with Gasteiger partial charge in [0.25, 0.3) is 0 Å². The molecule has 0 fully saturated rings. The predicted molar refractivity (Wildman–Crippen MR) is 85.5 cm³/mol. The summed E-state index contributed by atoms with van der Waals surface area (Å²) < 4.78 is 5.58. The van der Waals surface area contributed by atoms with Crippen LogP contribution in [0.5, 0.6) is 5.75 Å².